The third kappa shape index (κ3) is 6.46. The number of hydrogen-bond acceptors (Lipinski definition) is 4. The Morgan fingerprint density at radius 3 is 2.20 bits per heavy atom. The first-order valence-corrected chi connectivity index (χ1v) is 15.6. The van der Waals surface area contributed by atoms with E-state index in [1.807, 2.05) is 12.1 Å². The number of benzene rings is 2. The van der Waals surface area contributed by atoms with Gasteiger partial charge < -0.3 is 19.4 Å². The van der Waals surface area contributed by atoms with Crippen molar-refractivity contribution in [3.63, 3.8) is 0 Å². The van der Waals surface area contributed by atoms with Gasteiger partial charge in [0.25, 0.3) is 0 Å². The molecule has 222 valence electrons. The number of hydrogen-bond donors (Lipinski definition) is 0. The van der Waals surface area contributed by atoms with Crippen LogP contribution >= 0.6 is 0 Å². The van der Waals surface area contributed by atoms with Gasteiger partial charge in [-0.1, -0.05) is 42.5 Å². The summed E-state index contributed by atoms with van der Waals surface area (Å²) in [6, 6.07) is 18.9. The van der Waals surface area contributed by atoms with Gasteiger partial charge in [0, 0.05) is 58.0 Å². The molecule has 1 saturated carbocycles. The normalized spacial score (nSPS) is 27.1. The van der Waals surface area contributed by atoms with Gasteiger partial charge >= 0.3 is 0 Å². The van der Waals surface area contributed by atoms with Crippen molar-refractivity contribution < 1.29 is 18.3 Å². The summed E-state index contributed by atoms with van der Waals surface area (Å²) in [6.45, 7) is 7.47. The summed E-state index contributed by atoms with van der Waals surface area (Å²) in [5, 5.41) is 0. The molecule has 0 radical (unpaired) electrons. The van der Waals surface area contributed by atoms with Crippen LogP contribution in [0, 0.1) is 17.3 Å². The van der Waals surface area contributed by atoms with Crippen LogP contribution in [-0.2, 0) is 11.3 Å². The molecular formula is C34H45F2N3O2. The lowest BCUT2D eigenvalue weighted by molar-refractivity contribution is -0.139. The van der Waals surface area contributed by atoms with Crippen LogP contribution in [0.3, 0.4) is 0 Å². The van der Waals surface area contributed by atoms with Crippen LogP contribution in [0.5, 0.6) is 5.75 Å². The number of nitrogens with zero attached hydrogens (tertiary/aromatic N) is 3. The molecule has 3 saturated heterocycles. The minimum Gasteiger partial charge on any atom is -0.497 e. The Bertz CT molecular complexity index is 1160. The van der Waals surface area contributed by atoms with Gasteiger partial charge in [-0.3, -0.25) is 4.79 Å². The summed E-state index contributed by atoms with van der Waals surface area (Å²) in [5.41, 5.74) is 2.34. The number of methoxy groups -OCH3 is 1. The predicted octanol–water partition coefficient (Wildman–Crippen LogP) is 6.05. The number of piperidine rings is 1. The number of amides is 1. The van der Waals surface area contributed by atoms with E-state index in [4.69, 9.17) is 4.74 Å². The summed E-state index contributed by atoms with van der Waals surface area (Å²) >= 11 is 0. The van der Waals surface area contributed by atoms with Crippen LogP contribution in [0.2, 0.25) is 0 Å². The summed E-state index contributed by atoms with van der Waals surface area (Å²) in [4.78, 5) is 20.8. The van der Waals surface area contributed by atoms with Gasteiger partial charge in [-0.2, -0.15) is 0 Å². The number of halogens is 2. The SMILES string of the molecule is COc1ccc(CN2CCC3(CCN(CC4CN(CC5CCC(F)(F)CC5)CC4c4ccccc4)CC3)C2=O)cc1. The molecule has 0 aromatic heterocycles. The Hall–Kier alpha value is -2.51. The van der Waals surface area contributed by atoms with E-state index < -0.39 is 5.92 Å². The molecular weight excluding hydrogens is 520 g/mol. The highest BCUT2D eigenvalue weighted by molar-refractivity contribution is 5.85. The van der Waals surface area contributed by atoms with E-state index >= 15 is 0 Å². The van der Waals surface area contributed by atoms with Gasteiger partial charge in [-0.05, 0) is 80.3 Å². The van der Waals surface area contributed by atoms with Crippen molar-refractivity contribution in [2.75, 3.05) is 52.9 Å². The molecule has 2 unspecified atom stereocenters. The van der Waals surface area contributed by atoms with E-state index in [0.717, 1.165) is 76.4 Å². The zero-order valence-corrected chi connectivity index (χ0v) is 24.4. The first-order valence-electron chi connectivity index (χ1n) is 15.6. The van der Waals surface area contributed by atoms with Crippen molar-refractivity contribution in [2.45, 2.75) is 63.3 Å². The molecule has 1 aliphatic carbocycles. The zero-order valence-electron chi connectivity index (χ0n) is 24.4. The number of rotatable bonds is 8. The number of carbonyl (C=O) groups excluding carboxylic acids is 1. The molecule has 7 heteroatoms. The second-order valence-electron chi connectivity index (χ2n) is 13.2. The smallest absolute Gasteiger partial charge is 0.248 e. The van der Waals surface area contributed by atoms with E-state index in [9.17, 15) is 13.6 Å². The molecule has 41 heavy (non-hydrogen) atoms. The molecule has 0 bridgehead atoms. The maximum Gasteiger partial charge on any atom is 0.248 e. The van der Waals surface area contributed by atoms with E-state index in [1.54, 1.807) is 7.11 Å². The first-order chi connectivity index (χ1) is 19.8. The van der Waals surface area contributed by atoms with Crippen molar-refractivity contribution >= 4 is 5.91 Å². The second-order valence-corrected chi connectivity index (χ2v) is 13.2. The van der Waals surface area contributed by atoms with Gasteiger partial charge in [0.05, 0.1) is 12.5 Å². The highest BCUT2D eigenvalue weighted by Crippen LogP contribution is 2.43. The maximum atomic E-state index is 13.7. The highest BCUT2D eigenvalue weighted by Gasteiger charge is 2.48. The Balaban J connectivity index is 1.05. The van der Waals surface area contributed by atoms with Crippen molar-refractivity contribution in [3.8, 4) is 5.75 Å². The third-order valence-electron chi connectivity index (χ3n) is 10.5. The van der Waals surface area contributed by atoms with Crippen LogP contribution in [0.1, 0.15) is 62.0 Å². The fourth-order valence-corrected chi connectivity index (χ4v) is 7.97. The van der Waals surface area contributed by atoms with Crippen molar-refractivity contribution in [1.82, 2.24) is 14.7 Å². The molecule has 0 N–H and O–H groups in total. The van der Waals surface area contributed by atoms with Gasteiger partial charge in [0.15, 0.2) is 0 Å². The molecule has 1 amide bonds. The van der Waals surface area contributed by atoms with Crippen molar-refractivity contribution in [1.29, 1.82) is 0 Å². The van der Waals surface area contributed by atoms with Crippen LogP contribution in [0.25, 0.3) is 0 Å². The first kappa shape index (κ1) is 28.6. The molecule has 6 rings (SSSR count). The number of ether oxygens (including phenoxy) is 1. The molecule has 1 spiro atoms. The van der Waals surface area contributed by atoms with Crippen LogP contribution in [0.4, 0.5) is 8.78 Å². The van der Waals surface area contributed by atoms with E-state index in [2.05, 4.69) is 57.2 Å². The Morgan fingerprint density at radius 1 is 0.829 bits per heavy atom. The Kier molecular flexibility index (Phi) is 8.37. The lowest BCUT2D eigenvalue weighted by Crippen LogP contribution is -2.46. The minimum absolute atomic E-state index is 0.0445. The Labute approximate surface area is 243 Å². The van der Waals surface area contributed by atoms with Gasteiger partial charge in [0.1, 0.15) is 5.75 Å². The molecule has 2 atom stereocenters. The average Bonchev–Trinajstić information content (AvgIpc) is 3.52. The molecule has 2 aromatic rings. The fraction of sp³-hybridized carbons (Fsp3) is 0.618. The summed E-state index contributed by atoms with van der Waals surface area (Å²) in [5.74, 6) is 0.0703. The van der Waals surface area contributed by atoms with Gasteiger partial charge in [0.2, 0.25) is 11.8 Å². The van der Waals surface area contributed by atoms with E-state index in [1.165, 1.54) is 5.56 Å². The zero-order chi connectivity index (χ0) is 28.5. The predicted molar refractivity (Wildman–Crippen MR) is 157 cm³/mol. The summed E-state index contributed by atoms with van der Waals surface area (Å²) in [7, 11) is 1.67. The second kappa shape index (κ2) is 12.0. The fourth-order valence-electron chi connectivity index (χ4n) is 7.97. The number of likely N-dealkylation sites (tertiary alicyclic amines) is 3. The quantitative estimate of drug-likeness (QED) is 0.391. The summed E-state index contributed by atoms with van der Waals surface area (Å²) < 4.78 is 32.7. The summed E-state index contributed by atoms with van der Waals surface area (Å²) in [6.07, 6.45) is 4.21. The van der Waals surface area contributed by atoms with Crippen molar-refractivity contribution in [2.24, 2.45) is 17.3 Å². The van der Waals surface area contributed by atoms with Crippen LogP contribution in [-0.4, -0.2) is 79.5 Å². The molecule has 2 aromatic carbocycles. The third-order valence-corrected chi connectivity index (χ3v) is 10.5. The number of alkyl halides is 2. The molecule has 5 nitrogen and oxygen atoms in total. The van der Waals surface area contributed by atoms with Crippen LogP contribution < -0.4 is 4.74 Å². The largest absolute Gasteiger partial charge is 0.497 e. The highest BCUT2D eigenvalue weighted by atomic mass is 19.3. The van der Waals surface area contributed by atoms with Gasteiger partial charge in [-0.25, -0.2) is 8.78 Å². The molecule has 4 fully saturated rings. The Morgan fingerprint density at radius 2 is 1.51 bits per heavy atom. The van der Waals surface area contributed by atoms with Crippen molar-refractivity contribution in [3.05, 3.63) is 65.7 Å². The lowest BCUT2D eigenvalue weighted by Gasteiger charge is -2.39. The molecule has 4 aliphatic rings. The topological polar surface area (TPSA) is 36.0 Å². The monoisotopic (exact) mass is 565 g/mol. The van der Waals surface area contributed by atoms with E-state index in [-0.39, 0.29) is 18.3 Å². The molecule has 3 aliphatic heterocycles. The maximum absolute atomic E-state index is 13.7. The number of carbonyl (C=O) groups is 1. The van der Waals surface area contributed by atoms with Crippen LogP contribution in [0.15, 0.2) is 54.6 Å². The van der Waals surface area contributed by atoms with Gasteiger partial charge in [-0.15, -0.1) is 0 Å². The molecule has 3 heterocycles. The standard InChI is InChI=1S/C34H45F2N3O2/c1-41-30-9-7-26(8-10-30)22-39-20-17-33(32(39)40)15-18-37(19-16-33)23-29-24-38(21-27-11-13-34(35,36)14-12-27)25-31(29)28-5-3-2-4-6-28/h2-10,27,29,31H,11-25H2,1H3. The average molecular weight is 566 g/mol. The lowest BCUT2D eigenvalue weighted by atomic mass is 9.76. The van der Waals surface area contributed by atoms with E-state index in [0.29, 0.717) is 43.0 Å². The minimum atomic E-state index is -2.46.